The molecule has 0 heterocycles. The van der Waals surface area contributed by atoms with Crippen molar-refractivity contribution >= 4 is 11.6 Å². The lowest BCUT2D eigenvalue weighted by molar-refractivity contribution is -0.160. The summed E-state index contributed by atoms with van der Waals surface area (Å²) in [6.07, 6.45) is -4.52. The van der Waals surface area contributed by atoms with Crippen LogP contribution in [0.3, 0.4) is 0 Å². The molecule has 0 saturated heterocycles. The second-order valence-electron chi connectivity index (χ2n) is 4.37. The molecular weight excluding hydrogens is 258 g/mol. The quantitative estimate of drug-likeness (QED) is 0.815. The van der Waals surface area contributed by atoms with Gasteiger partial charge in [0.25, 0.3) is 0 Å². The minimum Gasteiger partial charge on any atom is -0.319 e. The average Bonchev–Trinajstić information content (AvgIpc) is 2.19. The van der Waals surface area contributed by atoms with Gasteiger partial charge in [0.2, 0.25) is 0 Å². The zero-order valence-corrected chi connectivity index (χ0v) is 10.0. The molecule has 1 unspecified atom stereocenters. The molecule has 0 aliphatic rings. The fourth-order valence-electron chi connectivity index (χ4n) is 1.49. The van der Waals surface area contributed by atoms with Gasteiger partial charge in [-0.2, -0.15) is 13.2 Å². The van der Waals surface area contributed by atoms with Crippen molar-refractivity contribution in [3.05, 3.63) is 34.6 Å². The van der Waals surface area contributed by atoms with Crippen molar-refractivity contribution in [2.75, 3.05) is 0 Å². The van der Waals surface area contributed by atoms with Gasteiger partial charge in [0, 0.05) is 5.41 Å². The van der Waals surface area contributed by atoms with Crippen LogP contribution in [0.15, 0.2) is 18.2 Å². The topological polar surface area (TPSA) is 26.0 Å². The Balaban J connectivity index is 3.17. The number of hydrogen-bond acceptors (Lipinski definition) is 1. The van der Waals surface area contributed by atoms with E-state index in [9.17, 15) is 17.6 Å². The summed E-state index contributed by atoms with van der Waals surface area (Å²) < 4.78 is 50.7. The predicted molar refractivity (Wildman–Crippen MR) is 58.5 cm³/mol. The van der Waals surface area contributed by atoms with E-state index in [4.69, 9.17) is 17.3 Å². The highest BCUT2D eigenvalue weighted by Crippen LogP contribution is 2.36. The second-order valence-corrected chi connectivity index (χ2v) is 4.78. The molecule has 1 nitrogen and oxygen atoms in total. The van der Waals surface area contributed by atoms with E-state index < -0.39 is 23.5 Å². The Kier molecular flexibility index (Phi) is 3.74. The van der Waals surface area contributed by atoms with E-state index in [0.29, 0.717) is 0 Å². The largest absolute Gasteiger partial charge is 0.404 e. The first-order chi connectivity index (χ1) is 7.56. The summed E-state index contributed by atoms with van der Waals surface area (Å²) in [4.78, 5) is 0. The normalized spacial score (nSPS) is 14.8. The maximum atomic E-state index is 12.9. The number of rotatable bonds is 2. The van der Waals surface area contributed by atoms with Crippen LogP contribution in [0, 0.1) is 5.82 Å². The van der Waals surface area contributed by atoms with Gasteiger partial charge in [-0.25, -0.2) is 4.39 Å². The van der Waals surface area contributed by atoms with E-state index in [1.165, 1.54) is 26.0 Å². The number of halogens is 5. The number of benzene rings is 1. The number of hydrogen-bond donors (Lipinski definition) is 1. The third-order valence-electron chi connectivity index (χ3n) is 2.79. The van der Waals surface area contributed by atoms with Gasteiger partial charge in [0.1, 0.15) is 11.9 Å². The zero-order chi connectivity index (χ0) is 13.4. The van der Waals surface area contributed by atoms with Crippen LogP contribution < -0.4 is 5.73 Å². The zero-order valence-electron chi connectivity index (χ0n) is 9.28. The van der Waals surface area contributed by atoms with Crippen molar-refractivity contribution in [2.24, 2.45) is 5.73 Å². The molecule has 0 aliphatic heterocycles. The predicted octanol–water partition coefficient (Wildman–Crippen LogP) is 3.65. The summed E-state index contributed by atoms with van der Waals surface area (Å²) in [5.74, 6) is -0.674. The Morgan fingerprint density at radius 2 is 1.76 bits per heavy atom. The molecule has 0 radical (unpaired) electrons. The average molecular weight is 270 g/mol. The van der Waals surface area contributed by atoms with Gasteiger partial charge in [-0.05, 0) is 17.7 Å². The van der Waals surface area contributed by atoms with Gasteiger partial charge in [-0.3, -0.25) is 0 Å². The van der Waals surface area contributed by atoms with E-state index >= 15 is 0 Å². The summed E-state index contributed by atoms with van der Waals surface area (Å²) in [6.45, 7) is 2.68. The van der Waals surface area contributed by atoms with Gasteiger partial charge in [0.05, 0.1) is 5.02 Å². The monoisotopic (exact) mass is 269 g/mol. The summed E-state index contributed by atoms with van der Waals surface area (Å²) in [5.41, 5.74) is 4.05. The molecule has 2 N–H and O–H groups in total. The van der Waals surface area contributed by atoms with Crippen LogP contribution >= 0.6 is 11.6 Å². The molecule has 0 bridgehead atoms. The maximum Gasteiger partial charge on any atom is 0.404 e. The van der Waals surface area contributed by atoms with Crippen LogP contribution in [0.2, 0.25) is 5.02 Å². The van der Waals surface area contributed by atoms with E-state index in [0.717, 1.165) is 6.07 Å². The van der Waals surface area contributed by atoms with Gasteiger partial charge in [0.15, 0.2) is 0 Å². The van der Waals surface area contributed by atoms with Crippen molar-refractivity contribution in [2.45, 2.75) is 31.5 Å². The first-order valence-electron chi connectivity index (χ1n) is 4.84. The molecule has 0 aromatic heterocycles. The van der Waals surface area contributed by atoms with Crippen molar-refractivity contribution in [3.63, 3.8) is 0 Å². The van der Waals surface area contributed by atoms with Gasteiger partial charge in [-0.15, -0.1) is 0 Å². The Hall–Kier alpha value is -0.810. The van der Waals surface area contributed by atoms with Gasteiger partial charge in [-0.1, -0.05) is 31.5 Å². The third-order valence-corrected chi connectivity index (χ3v) is 3.08. The molecule has 0 saturated carbocycles. The lowest BCUT2D eigenvalue weighted by Crippen LogP contribution is -2.51. The van der Waals surface area contributed by atoms with Crippen molar-refractivity contribution in [1.82, 2.24) is 0 Å². The molecular formula is C11H12ClF4N. The Bertz CT molecular complexity index is 414. The fourth-order valence-corrected chi connectivity index (χ4v) is 1.67. The van der Waals surface area contributed by atoms with E-state index in [1.807, 2.05) is 0 Å². The Morgan fingerprint density at radius 1 is 1.24 bits per heavy atom. The van der Waals surface area contributed by atoms with Crippen LogP contribution in [0.25, 0.3) is 0 Å². The summed E-state index contributed by atoms with van der Waals surface area (Å²) >= 11 is 5.54. The van der Waals surface area contributed by atoms with Gasteiger partial charge < -0.3 is 5.73 Å². The SMILES string of the molecule is CC(C)(c1ccc(F)c(Cl)c1)C(N)C(F)(F)F. The first-order valence-corrected chi connectivity index (χ1v) is 5.22. The molecule has 1 rings (SSSR count). The van der Waals surface area contributed by atoms with Crippen molar-refractivity contribution in [1.29, 1.82) is 0 Å². The Labute approximate surface area is 102 Å². The second kappa shape index (κ2) is 4.46. The van der Waals surface area contributed by atoms with E-state index in [1.54, 1.807) is 0 Å². The van der Waals surface area contributed by atoms with Crippen LogP contribution in [0.5, 0.6) is 0 Å². The Morgan fingerprint density at radius 3 is 2.18 bits per heavy atom. The minimum absolute atomic E-state index is 0.218. The van der Waals surface area contributed by atoms with Crippen LogP contribution in [-0.2, 0) is 5.41 Å². The fraction of sp³-hybridized carbons (Fsp3) is 0.455. The standard InChI is InChI=1S/C11H12ClF4N/c1-10(2,9(17)11(14,15)16)6-3-4-8(13)7(12)5-6/h3-5,9H,17H2,1-2H3. The lowest BCUT2D eigenvalue weighted by Gasteiger charge is -2.33. The molecule has 17 heavy (non-hydrogen) atoms. The van der Waals surface area contributed by atoms with Crippen molar-refractivity contribution in [3.8, 4) is 0 Å². The maximum absolute atomic E-state index is 12.9. The minimum atomic E-state index is -4.52. The van der Waals surface area contributed by atoms with Crippen LogP contribution in [-0.4, -0.2) is 12.2 Å². The highest BCUT2D eigenvalue weighted by atomic mass is 35.5. The molecule has 1 atom stereocenters. The first kappa shape index (κ1) is 14.3. The van der Waals surface area contributed by atoms with E-state index in [2.05, 4.69) is 0 Å². The highest BCUT2D eigenvalue weighted by molar-refractivity contribution is 6.30. The van der Waals surface area contributed by atoms with Crippen LogP contribution in [0.1, 0.15) is 19.4 Å². The molecule has 0 amide bonds. The number of alkyl halides is 3. The number of nitrogens with two attached hydrogens (primary N) is 1. The lowest BCUT2D eigenvalue weighted by atomic mass is 9.78. The summed E-state index contributed by atoms with van der Waals surface area (Å²) in [6, 6.07) is 1.41. The molecule has 6 heteroatoms. The molecule has 96 valence electrons. The molecule has 1 aromatic rings. The third kappa shape index (κ3) is 2.90. The summed E-state index contributed by atoms with van der Waals surface area (Å²) in [7, 11) is 0. The smallest absolute Gasteiger partial charge is 0.319 e. The van der Waals surface area contributed by atoms with Crippen molar-refractivity contribution < 1.29 is 17.6 Å². The molecule has 0 fully saturated rings. The highest BCUT2D eigenvalue weighted by Gasteiger charge is 2.47. The molecule has 0 aliphatic carbocycles. The molecule has 0 spiro atoms. The van der Waals surface area contributed by atoms with Crippen LogP contribution in [0.4, 0.5) is 17.6 Å². The van der Waals surface area contributed by atoms with E-state index in [-0.39, 0.29) is 10.6 Å². The summed E-state index contributed by atoms with van der Waals surface area (Å²) in [5, 5.41) is -0.218. The molecule has 1 aromatic carbocycles. The van der Waals surface area contributed by atoms with Gasteiger partial charge >= 0.3 is 6.18 Å².